The molecule has 2 aromatic rings. The van der Waals surface area contributed by atoms with Crippen LogP contribution in [0.1, 0.15) is 12.5 Å². The Balaban J connectivity index is 2.00. The van der Waals surface area contributed by atoms with Crippen LogP contribution in [0.25, 0.3) is 11.3 Å². The molecule has 0 radical (unpaired) electrons. The standard InChI is InChI=1S/C13H18N4O/c1-10(18-2)6-15-8-12-9-16-17-13(12)11-4-3-5-14-7-11/h3-5,7,9-10,15H,6,8H2,1-2H3,(H,16,17). The molecule has 0 aromatic carbocycles. The number of hydrogen-bond donors (Lipinski definition) is 2. The highest BCUT2D eigenvalue weighted by Gasteiger charge is 2.07. The van der Waals surface area contributed by atoms with Gasteiger partial charge in [-0.3, -0.25) is 10.1 Å². The molecule has 5 heteroatoms. The molecule has 1 unspecified atom stereocenters. The number of nitrogens with one attached hydrogen (secondary N) is 2. The molecule has 0 amide bonds. The summed E-state index contributed by atoms with van der Waals surface area (Å²) < 4.78 is 5.19. The van der Waals surface area contributed by atoms with Gasteiger partial charge in [-0.25, -0.2) is 0 Å². The molecule has 2 N–H and O–H groups in total. The number of pyridine rings is 1. The van der Waals surface area contributed by atoms with Gasteiger partial charge in [0, 0.05) is 43.7 Å². The summed E-state index contributed by atoms with van der Waals surface area (Å²) in [5.74, 6) is 0. The number of rotatable bonds is 6. The van der Waals surface area contributed by atoms with Crippen molar-refractivity contribution >= 4 is 0 Å². The Morgan fingerprint density at radius 2 is 2.33 bits per heavy atom. The molecular formula is C13H18N4O. The van der Waals surface area contributed by atoms with Crippen LogP contribution in [-0.2, 0) is 11.3 Å². The van der Waals surface area contributed by atoms with E-state index >= 15 is 0 Å². The van der Waals surface area contributed by atoms with Crippen molar-refractivity contribution in [3.8, 4) is 11.3 Å². The monoisotopic (exact) mass is 246 g/mol. The summed E-state index contributed by atoms with van der Waals surface area (Å²) >= 11 is 0. The van der Waals surface area contributed by atoms with Crippen LogP contribution in [0.2, 0.25) is 0 Å². The van der Waals surface area contributed by atoms with Crippen molar-refractivity contribution in [1.29, 1.82) is 0 Å². The van der Waals surface area contributed by atoms with Crippen LogP contribution in [0.5, 0.6) is 0 Å². The minimum Gasteiger partial charge on any atom is -0.380 e. The summed E-state index contributed by atoms with van der Waals surface area (Å²) in [6.07, 6.45) is 5.64. The van der Waals surface area contributed by atoms with Crippen molar-refractivity contribution < 1.29 is 4.74 Å². The zero-order valence-electron chi connectivity index (χ0n) is 10.7. The first-order valence-corrected chi connectivity index (χ1v) is 5.97. The Labute approximate surface area is 107 Å². The van der Waals surface area contributed by atoms with Gasteiger partial charge in [0.05, 0.1) is 18.0 Å². The quantitative estimate of drug-likeness (QED) is 0.812. The number of H-pyrrole nitrogens is 1. The van der Waals surface area contributed by atoms with Gasteiger partial charge in [-0.05, 0) is 19.1 Å². The van der Waals surface area contributed by atoms with E-state index in [4.69, 9.17) is 4.74 Å². The molecule has 0 spiro atoms. The summed E-state index contributed by atoms with van der Waals surface area (Å²) in [7, 11) is 1.71. The van der Waals surface area contributed by atoms with Gasteiger partial charge in [0.15, 0.2) is 0 Å². The van der Waals surface area contributed by atoms with E-state index in [1.807, 2.05) is 31.5 Å². The van der Waals surface area contributed by atoms with E-state index in [9.17, 15) is 0 Å². The van der Waals surface area contributed by atoms with Gasteiger partial charge >= 0.3 is 0 Å². The van der Waals surface area contributed by atoms with Crippen LogP contribution in [0, 0.1) is 0 Å². The Morgan fingerprint density at radius 3 is 3.06 bits per heavy atom. The van der Waals surface area contributed by atoms with Crippen molar-refractivity contribution in [2.24, 2.45) is 0 Å². The van der Waals surface area contributed by atoms with Gasteiger partial charge in [0.2, 0.25) is 0 Å². The molecule has 0 aliphatic rings. The zero-order chi connectivity index (χ0) is 12.8. The van der Waals surface area contributed by atoms with Crippen molar-refractivity contribution in [2.75, 3.05) is 13.7 Å². The summed E-state index contributed by atoms with van der Waals surface area (Å²) in [6.45, 7) is 3.60. The predicted octanol–water partition coefficient (Wildman–Crippen LogP) is 1.60. The number of aromatic nitrogens is 3. The average Bonchev–Trinajstić information content (AvgIpc) is 2.88. The van der Waals surface area contributed by atoms with E-state index in [-0.39, 0.29) is 6.10 Å². The molecule has 0 aliphatic carbocycles. The molecule has 96 valence electrons. The van der Waals surface area contributed by atoms with Crippen LogP contribution in [0.15, 0.2) is 30.7 Å². The molecule has 2 rings (SSSR count). The molecule has 18 heavy (non-hydrogen) atoms. The van der Waals surface area contributed by atoms with Gasteiger partial charge in [0.1, 0.15) is 0 Å². The van der Waals surface area contributed by atoms with Crippen molar-refractivity contribution in [1.82, 2.24) is 20.5 Å². The molecule has 5 nitrogen and oxygen atoms in total. The Hall–Kier alpha value is -1.72. The lowest BCUT2D eigenvalue weighted by Gasteiger charge is -2.10. The number of aromatic amines is 1. The lowest BCUT2D eigenvalue weighted by molar-refractivity contribution is 0.117. The molecular weight excluding hydrogens is 228 g/mol. The molecule has 0 saturated heterocycles. The van der Waals surface area contributed by atoms with E-state index < -0.39 is 0 Å². The van der Waals surface area contributed by atoms with E-state index in [0.29, 0.717) is 0 Å². The molecule has 0 aliphatic heterocycles. The maximum absolute atomic E-state index is 5.19. The number of nitrogens with zero attached hydrogens (tertiary/aromatic N) is 2. The van der Waals surface area contributed by atoms with E-state index in [2.05, 4.69) is 20.5 Å². The lowest BCUT2D eigenvalue weighted by atomic mass is 10.1. The van der Waals surface area contributed by atoms with Crippen molar-refractivity contribution in [3.05, 3.63) is 36.3 Å². The van der Waals surface area contributed by atoms with Gasteiger partial charge in [-0.1, -0.05) is 0 Å². The van der Waals surface area contributed by atoms with E-state index in [0.717, 1.165) is 29.9 Å². The molecule has 2 heterocycles. The van der Waals surface area contributed by atoms with Gasteiger partial charge in [-0.2, -0.15) is 5.10 Å². The second kappa shape index (κ2) is 6.28. The Morgan fingerprint density at radius 1 is 1.44 bits per heavy atom. The third-order valence-electron chi connectivity index (χ3n) is 2.82. The summed E-state index contributed by atoms with van der Waals surface area (Å²) in [6, 6.07) is 3.93. The zero-order valence-corrected chi connectivity index (χ0v) is 10.7. The second-order valence-corrected chi connectivity index (χ2v) is 4.19. The van der Waals surface area contributed by atoms with Crippen LogP contribution in [0.4, 0.5) is 0 Å². The SMILES string of the molecule is COC(C)CNCc1cn[nH]c1-c1cccnc1. The fourth-order valence-electron chi connectivity index (χ4n) is 1.70. The third kappa shape index (κ3) is 3.15. The van der Waals surface area contributed by atoms with Crippen molar-refractivity contribution in [2.45, 2.75) is 19.6 Å². The minimum atomic E-state index is 0.207. The maximum atomic E-state index is 5.19. The normalized spacial score (nSPS) is 12.6. The molecule has 0 saturated carbocycles. The topological polar surface area (TPSA) is 62.8 Å². The average molecular weight is 246 g/mol. The first-order valence-electron chi connectivity index (χ1n) is 5.97. The number of ether oxygens (including phenoxy) is 1. The smallest absolute Gasteiger partial charge is 0.0710 e. The summed E-state index contributed by atoms with van der Waals surface area (Å²) in [4.78, 5) is 4.12. The number of methoxy groups -OCH3 is 1. The minimum absolute atomic E-state index is 0.207. The first-order chi connectivity index (χ1) is 8.81. The second-order valence-electron chi connectivity index (χ2n) is 4.19. The highest BCUT2D eigenvalue weighted by molar-refractivity contribution is 5.61. The number of hydrogen-bond acceptors (Lipinski definition) is 4. The van der Waals surface area contributed by atoms with Crippen LogP contribution < -0.4 is 5.32 Å². The largest absolute Gasteiger partial charge is 0.380 e. The Kier molecular flexibility index (Phi) is 4.44. The molecule has 0 bridgehead atoms. The van der Waals surface area contributed by atoms with E-state index in [1.54, 1.807) is 13.3 Å². The van der Waals surface area contributed by atoms with Gasteiger partial charge < -0.3 is 10.1 Å². The highest BCUT2D eigenvalue weighted by atomic mass is 16.5. The summed E-state index contributed by atoms with van der Waals surface area (Å²) in [5, 5.41) is 10.4. The fourth-order valence-corrected chi connectivity index (χ4v) is 1.70. The van der Waals surface area contributed by atoms with Crippen LogP contribution in [-0.4, -0.2) is 34.9 Å². The molecule has 2 aromatic heterocycles. The highest BCUT2D eigenvalue weighted by Crippen LogP contribution is 2.19. The Bertz CT molecular complexity index is 469. The third-order valence-corrected chi connectivity index (χ3v) is 2.82. The summed E-state index contributed by atoms with van der Waals surface area (Å²) in [5.41, 5.74) is 3.19. The lowest BCUT2D eigenvalue weighted by Crippen LogP contribution is -2.25. The van der Waals surface area contributed by atoms with E-state index in [1.165, 1.54) is 0 Å². The molecule has 0 fully saturated rings. The fraction of sp³-hybridized carbons (Fsp3) is 0.385. The van der Waals surface area contributed by atoms with Crippen LogP contribution in [0.3, 0.4) is 0 Å². The first kappa shape index (κ1) is 12.7. The van der Waals surface area contributed by atoms with Crippen molar-refractivity contribution in [3.63, 3.8) is 0 Å². The van der Waals surface area contributed by atoms with Crippen LogP contribution >= 0.6 is 0 Å². The maximum Gasteiger partial charge on any atom is 0.0710 e. The van der Waals surface area contributed by atoms with Gasteiger partial charge in [-0.15, -0.1) is 0 Å². The van der Waals surface area contributed by atoms with Gasteiger partial charge in [0.25, 0.3) is 0 Å². The predicted molar refractivity (Wildman–Crippen MR) is 70.0 cm³/mol. The molecule has 1 atom stereocenters.